The monoisotopic (exact) mass is 301 g/mol. The minimum absolute atomic E-state index is 0.0108. The first-order chi connectivity index (χ1) is 10.2. The summed E-state index contributed by atoms with van der Waals surface area (Å²) < 4.78 is 0. The predicted molar refractivity (Wildman–Crippen MR) is 81.2 cm³/mol. The van der Waals surface area contributed by atoms with E-state index in [0.29, 0.717) is 19.5 Å². The van der Waals surface area contributed by atoms with Crippen molar-refractivity contribution in [2.75, 3.05) is 24.5 Å². The molecular formula is C15H15N3O2S. The van der Waals surface area contributed by atoms with Crippen molar-refractivity contribution in [1.82, 2.24) is 9.88 Å². The summed E-state index contributed by atoms with van der Waals surface area (Å²) in [7, 11) is 0. The second-order valence-electron chi connectivity index (χ2n) is 4.83. The molecular weight excluding hydrogens is 286 g/mol. The molecule has 5 nitrogen and oxygen atoms in total. The molecule has 0 spiro atoms. The number of anilines is 1. The van der Waals surface area contributed by atoms with Crippen molar-refractivity contribution < 1.29 is 9.59 Å². The van der Waals surface area contributed by atoms with Crippen LogP contribution in [0.4, 0.5) is 5.69 Å². The molecule has 2 amide bonds. The van der Waals surface area contributed by atoms with Crippen LogP contribution < -0.4 is 4.90 Å². The third kappa shape index (κ3) is 3.11. The van der Waals surface area contributed by atoms with Crippen LogP contribution in [-0.2, 0) is 16.0 Å². The van der Waals surface area contributed by atoms with Gasteiger partial charge in [-0.25, -0.2) is 0 Å². The summed E-state index contributed by atoms with van der Waals surface area (Å²) >= 11 is 1.56. The average molecular weight is 301 g/mol. The summed E-state index contributed by atoms with van der Waals surface area (Å²) in [4.78, 5) is 32.8. The van der Waals surface area contributed by atoms with Gasteiger partial charge in [-0.2, -0.15) is 0 Å². The zero-order valence-corrected chi connectivity index (χ0v) is 12.3. The number of carbonyl (C=O) groups excluding carboxylic acids is 2. The molecule has 108 valence electrons. The van der Waals surface area contributed by atoms with Crippen molar-refractivity contribution in [2.45, 2.75) is 6.42 Å². The maximum absolute atomic E-state index is 12.2. The van der Waals surface area contributed by atoms with Crippen LogP contribution in [0, 0.1) is 0 Å². The molecule has 0 unspecified atom stereocenters. The Hall–Kier alpha value is -2.21. The van der Waals surface area contributed by atoms with Gasteiger partial charge in [0.15, 0.2) is 0 Å². The van der Waals surface area contributed by atoms with Crippen molar-refractivity contribution in [1.29, 1.82) is 0 Å². The van der Waals surface area contributed by atoms with Crippen LogP contribution in [0.1, 0.15) is 4.88 Å². The SMILES string of the molecule is O=C(Cc1cccs1)N1CCN(c2cccnc2)C(=O)C1. The van der Waals surface area contributed by atoms with Crippen LogP contribution >= 0.6 is 11.3 Å². The molecule has 1 aliphatic rings. The van der Waals surface area contributed by atoms with Crippen LogP contribution in [0.15, 0.2) is 42.0 Å². The number of hydrogen-bond acceptors (Lipinski definition) is 4. The highest BCUT2D eigenvalue weighted by Crippen LogP contribution is 2.17. The quantitative estimate of drug-likeness (QED) is 0.864. The Bertz CT molecular complexity index is 628. The molecule has 6 heteroatoms. The maximum atomic E-state index is 12.2. The van der Waals surface area contributed by atoms with Crippen LogP contribution in [-0.4, -0.2) is 41.3 Å². The van der Waals surface area contributed by atoms with Gasteiger partial charge < -0.3 is 9.80 Å². The van der Waals surface area contributed by atoms with Gasteiger partial charge in [-0.05, 0) is 23.6 Å². The van der Waals surface area contributed by atoms with Crippen LogP contribution in [0.3, 0.4) is 0 Å². The molecule has 0 bridgehead atoms. The molecule has 0 saturated carbocycles. The van der Waals surface area contributed by atoms with Gasteiger partial charge in [-0.15, -0.1) is 11.3 Å². The van der Waals surface area contributed by atoms with Crippen LogP contribution in [0.25, 0.3) is 0 Å². The van der Waals surface area contributed by atoms with E-state index in [1.165, 1.54) is 0 Å². The standard InChI is InChI=1S/C15H15N3O2S/c19-14(9-13-4-2-8-21-13)17-6-7-18(15(20)11-17)12-3-1-5-16-10-12/h1-5,8,10H,6-7,9,11H2. The number of pyridine rings is 1. The molecule has 3 heterocycles. The number of rotatable bonds is 3. The second-order valence-corrected chi connectivity index (χ2v) is 5.86. The number of amides is 2. The van der Waals surface area contributed by atoms with Crippen molar-refractivity contribution in [3.05, 3.63) is 46.9 Å². The van der Waals surface area contributed by atoms with Gasteiger partial charge >= 0.3 is 0 Å². The minimum Gasteiger partial charge on any atom is -0.331 e. The molecule has 0 atom stereocenters. The minimum atomic E-state index is -0.0613. The Morgan fingerprint density at radius 3 is 2.86 bits per heavy atom. The zero-order chi connectivity index (χ0) is 14.7. The number of hydrogen-bond donors (Lipinski definition) is 0. The summed E-state index contributed by atoms with van der Waals surface area (Å²) in [5, 5.41) is 1.95. The van der Waals surface area contributed by atoms with Gasteiger partial charge in [0.1, 0.15) is 6.54 Å². The van der Waals surface area contributed by atoms with Crippen molar-refractivity contribution in [3.63, 3.8) is 0 Å². The Balaban J connectivity index is 1.63. The molecule has 2 aromatic rings. The van der Waals surface area contributed by atoms with Crippen molar-refractivity contribution in [3.8, 4) is 0 Å². The van der Waals surface area contributed by atoms with E-state index in [0.717, 1.165) is 10.6 Å². The zero-order valence-electron chi connectivity index (χ0n) is 11.4. The summed E-state index contributed by atoms with van der Waals surface area (Å²) in [6.07, 6.45) is 3.72. The fourth-order valence-corrected chi connectivity index (χ4v) is 3.04. The van der Waals surface area contributed by atoms with Gasteiger partial charge in [0, 0.05) is 24.2 Å². The summed E-state index contributed by atoms with van der Waals surface area (Å²) in [6, 6.07) is 7.53. The first-order valence-corrected chi connectivity index (χ1v) is 7.62. The van der Waals surface area contributed by atoms with E-state index < -0.39 is 0 Å². The lowest BCUT2D eigenvalue weighted by Gasteiger charge is -2.34. The number of nitrogens with zero attached hydrogens (tertiary/aromatic N) is 3. The van der Waals surface area contributed by atoms with E-state index in [2.05, 4.69) is 4.98 Å². The largest absolute Gasteiger partial charge is 0.331 e. The van der Waals surface area contributed by atoms with Crippen molar-refractivity contribution >= 4 is 28.8 Å². The van der Waals surface area contributed by atoms with Crippen LogP contribution in [0.2, 0.25) is 0 Å². The summed E-state index contributed by atoms with van der Waals surface area (Å²) in [5.74, 6) is -0.0505. The smallest absolute Gasteiger partial charge is 0.246 e. The fraction of sp³-hybridized carbons (Fsp3) is 0.267. The molecule has 1 aliphatic heterocycles. The molecule has 21 heavy (non-hydrogen) atoms. The van der Waals surface area contributed by atoms with Crippen LogP contribution in [0.5, 0.6) is 0 Å². The molecule has 0 aliphatic carbocycles. The van der Waals surface area contributed by atoms with Gasteiger partial charge in [0.2, 0.25) is 11.8 Å². The number of piperazine rings is 1. The van der Waals surface area contributed by atoms with E-state index in [1.807, 2.05) is 23.6 Å². The molecule has 1 fully saturated rings. The topological polar surface area (TPSA) is 53.5 Å². The lowest BCUT2D eigenvalue weighted by atomic mass is 10.2. The van der Waals surface area contributed by atoms with E-state index >= 15 is 0 Å². The third-order valence-corrected chi connectivity index (χ3v) is 4.31. The van der Waals surface area contributed by atoms with Gasteiger partial charge in [0.05, 0.1) is 18.3 Å². The maximum Gasteiger partial charge on any atom is 0.246 e. The Labute approximate surface area is 126 Å². The van der Waals surface area contributed by atoms with Gasteiger partial charge in [0.25, 0.3) is 0 Å². The highest BCUT2D eigenvalue weighted by Gasteiger charge is 2.28. The van der Waals surface area contributed by atoms with E-state index in [4.69, 9.17) is 0 Å². The third-order valence-electron chi connectivity index (χ3n) is 3.44. The number of aromatic nitrogens is 1. The van der Waals surface area contributed by atoms with Crippen molar-refractivity contribution in [2.24, 2.45) is 0 Å². The molecule has 1 saturated heterocycles. The normalized spacial score (nSPS) is 15.3. The van der Waals surface area contributed by atoms with Gasteiger partial charge in [-0.3, -0.25) is 14.6 Å². The Kier molecular flexibility index (Phi) is 3.96. The van der Waals surface area contributed by atoms with E-state index in [9.17, 15) is 9.59 Å². The van der Waals surface area contributed by atoms with E-state index in [1.54, 1.807) is 39.6 Å². The first kappa shape index (κ1) is 13.8. The average Bonchev–Trinajstić information content (AvgIpc) is 3.01. The molecule has 0 aromatic carbocycles. The molecule has 2 aromatic heterocycles. The second kappa shape index (κ2) is 6.05. The molecule has 0 N–H and O–H groups in total. The number of thiophene rings is 1. The molecule has 0 radical (unpaired) electrons. The molecule has 3 rings (SSSR count). The van der Waals surface area contributed by atoms with E-state index in [-0.39, 0.29) is 18.4 Å². The highest BCUT2D eigenvalue weighted by molar-refractivity contribution is 7.10. The first-order valence-electron chi connectivity index (χ1n) is 6.74. The fourth-order valence-electron chi connectivity index (χ4n) is 2.35. The Morgan fingerprint density at radius 2 is 2.19 bits per heavy atom. The summed E-state index contributed by atoms with van der Waals surface area (Å²) in [5.41, 5.74) is 0.785. The highest BCUT2D eigenvalue weighted by atomic mass is 32.1. The Morgan fingerprint density at radius 1 is 1.29 bits per heavy atom. The van der Waals surface area contributed by atoms with Gasteiger partial charge in [-0.1, -0.05) is 6.07 Å². The summed E-state index contributed by atoms with van der Waals surface area (Å²) in [6.45, 7) is 1.21. The lowest BCUT2D eigenvalue weighted by Crippen LogP contribution is -2.52. The number of carbonyl (C=O) groups is 2. The predicted octanol–water partition coefficient (Wildman–Crippen LogP) is 1.56. The lowest BCUT2D eigenvalue weighted by molar-refractivity contribution is -0.136.